The van der Waals surface area contributed by atoms with Crippen LogP contribution >= 0.6 is 11.8 Å². The van der Waals surface area contributed by atoms with Crippen molar-refractivity contribution in [3.8, 4) is 11.5 Å². The van der Waals surface area contributed by atoms with E-state index in [0.29, 0.717) is 36.9 Å². The first-order valence-electron chi connectivity index (χ1n) is 9.31. The van der Waals surface area contributed by atoms with Crippen molar-refractivity contribution in [3.63, 3.8) is 0 Å². The molecule has 2 aromatic rings. The third-order valence-electron chi connectivity index (χ3n) is 4.30. The number of hydrogen-bond acceptors (Lipinski definition) is 7. The van der Waals surface area contributed by atoms with Crippen molar-refractivity contribution in [1.29, 1.82) is 0 Å². The van der Waals surface area contributed by atoms with Gasteiger partial charge in [0.05, 0.1) is 17.2 Å². The Hall–Kier alpha value is -3.27. The normalized spacial score (nSPS) is 12.2. The molecular formula is C20H21N3O6S. The predicted molar refractivity (Wildman–Crippen MR) is 112 cm³/mol. The first kappa shape index (κ1) is 21.4. The van der Waals surface area contributed by atoms with Crippen molar-refractivity contribution in [3.05, 3.63) is 52.6 Å². The third-order valence-corrected chi connectivity index (χ3v) is 5.30. The number of carbonyl (C=O) groups excluding carboxylic acids is 2. The van der Waals surface area contributed by atoms with Crippen LogP contribution < -0.4 is 14.8 Å². The summed E-state index contributed by atoms with van der Waals surface area (Å²) >= 11 is 1.26. The zero-order chi connectivity index (χ0) is 21.5. The van der Waals surface area contributed by atoms with Crippen molar-refractivity contribution in [2.24, 2.45) is 0 Å². The number of nitrogens with zero attached hydrogens (tertiary/aromatic N) is 2. The monoisotopic (exact) mass is 431 g/mol. The maximum Gasteiger partial charge on any atom is 0.269 e. The molecule has 1 aliphatic heterocycles. The van der Waals surface area contributed by atoms with Gasteiger partial charge in [0.1, 0.15) is 13.2 Å². The highest BCUT2D eigenvalue weighted by Crippen LogP contribution is 2.32. The lowest BCUT2D eigenvalue weighted by molar-refractivity contribution is -0.384. The number of rotatable bonds is 8. The van der Waals surface area contributed by atoms with E-state index in [2.05, 4.69) is 5.32 Å². The summed E-state index contributed by atoms with van der Waals surface area (Å²) in [5, 5.41) is 13.5. The number of hydrogen-bond donors (Lipinski definition) is 1. The number of anilines is 1. The molecule has 0 atom stereocenters. The van der Waals surface area contributed by atoms with Gasteiger partial charge < -0.3 is 19.7 Å². The van der Waals surface area contributed by atoms with Crippen LogP contribution in [-0.2, 0) is 9.59 Å². The van der Waals surface area contributed by atoms with Gasteiger partial charge in [-0.05, 0) is 31.2 Å². The average molecular weight is 431 g/mol. The third kappa shape index (κ3) is 5.63. The summed E-state index contributed by atoms with van der Waals surface area (Å²) in [5.74, 6) is 0.818. The van der Waals surface area contributed by atoms with Crippen LogP contribution in [0.2, 0.25) is 0 Å². The summed E-state index contributed by atoms with van der Waals surface area (Å²) < 4.78 is 11.0. The van der Waals surface area contributed by atoms with E-state index in [1.54, 1.807) is 37.3 Å². The second-order valence-corrected chi connectivity index (χ2v) is 7.40. The van der Waals surface area contributed by atoms with Crippen LogP contribution in [0.25, 0.3) is 0 Å². The van der Waals surface area contributed by atoms with Crippen LogP contribution in [0.5, 0.6) is 11.5 Å². The van der Waals surface area contributed by atoms with Crippen molar-refractivity contribution in [1.82, 2.24) is 4.90 Å². The second-order valence-electron chi connectivity index (χ2n) is 6.35. The summed E-state index contributed by atoms with van der Waals surface area (Å²) in [6.07, 6.45) is 0. The van der Waals surface area contributed by atoms with Gasteiger partial charge >= 0.3 is 0 Å². The molecule has 0 spiro atoms. The van der Waals surface area contributed by atoms with Crippen LogP contribution in [-0.4, -0.2) is 53.7 Å². The van der Waals surface area contributed by atoms with Gasteiger partial charge in [-0.25, -0.2) is 0 Å². The molecule has 3 rings (SSSR count). The molecule has 158 valence electrons. The lowest BCUT2D eigenvalue weighted by Gasteiger charge is -2.21. The molecule has 0 aliphatic carbocycles. The average Bonchev–Trinajstić information content (AvgIpc) is 2.76. The minimum atomic E-state index is -0.473. The Labute approximate surface area is 177 Å². The Kier molecular flexibility index (Phi) is 7.12. The highest BCUT2D eigenvalue weighted by Gasteiger charge is 2.17. The molecule has 0 unspecified atom stereocenters. The van der Waals surface area contributed by atoms with Gasteiger partial charge in [-0.3, -0.25) is 19.7 Å². The SMILES string of the molecule is CCN(CC(=O)Nc1ccc2c(c1)OCCO2)C(=O)CSc1ccc([N+](=O)[O-])cc1. The van der Waals surface area contributed by atoms with Crippen molar-refractivity contribution in [2.75, 3.05) is 37.4 Å². The van der Waals surface area contributed by atoms with E-state index in [1.807, 2.05) is 0 Å². The number of likely N-dealkylation sites (N-methyl/N-ethyl adjacent to an activating group) is 1. The minimum absolute atomic E-state index is 0.00308. The number of non-ortho nitro benzene ring substituents is 1. The van der Waals surface area contributed by atoms with Gasteiger partial charge in [0.25, 0.3) is 5.69 Å². The predicted octanol–water partition coefficient (Wildman–Crippen LogP) is 2.95. The zero-order valence-electron chi connectivity index (χ0n) is 16.3. The molecule has 1 aliphatic rings. The highest BCUT2D eigenvalue weighted by molar-refractivity contribution is 8.00. The molecule has 0 aromatic heterocycles. The van der Waals surface area contributed by atoms with E-state index in [4.69, 9.17) is 9.47 Å². The summed E-state index contributed by atoms with van der Waals surface area (Å²) in [7, 11) is 0. The second kappa shape index (κ2) is 9.97. The smallest absolute Gasteiger partial charge is 0.269 e. The van der Waals surface area contributed by atoms with Gasteiger partial charge in [0, 0.05) is 35.3 Å². The van der Waals surface area contributed by atoms with Crippen LogP contribution in [0.4, 0.5) is 11.4 Å². The maximum absolute atomic E-state index is 12.5. The minimum Gasteiger partial charge on any atom is -0.486 e. The topological polar surface area (TPSA) is 111 Å². The molecule has 0 saturated carbocycles. The molecule has 10 heteroatoms. The number of fused-ring (bicyclic) bond motifs is 1. The number of nitro groups is 1. The molecular weight excluding hydrogens is 410 g/mol. The lowest BCUT2D eigenvalue weighted by atomic mass is 10.2. The van der Waals surface area contributed by atoms with E-state index < -0.39 is 4.92 Å². The van der Waals surface area contributed by atoms with Gasteiger partial charge in [-0.2, -0.15) is 0 Å². The van der Waals surface area contributed by atoms with Gasteiger partial charge in [0.2, 0.25) is 11.8 Å². The standard InChI is InChI=1S/C20H21N3O6S/c1-2-22(20(25)13-30-16-6-4-15(5-7-16)23(26)27)12-19(24)21-14-3-8-17-18(11-14)29-10-9-28-17/h3-8,11H,2,9-10,12-13H2,1H3,(H,21,24). The summed E-state index contributed by atoms with van der Waals surface area (Å²) in [4.78, 5) is 37.3. The fourth-order valence-electron chi connectivity index (χ4n) is 2.77. The van der Waals surface area contributed by atoms with Crippen LogP contribution in [0, 0.1) is 10.1 Å². The number of carbonyl (C=O) groups is 2. The highest BCUT2D eigenvalue weighted by atomic mass is 32.2. The molecule has 9 nitrogen and oxygen atoms in total. The maximum atomic E-state index is 12.5. The van der Waals surface area contributed by atoms with E-state index in [9.17, 15) is 19.7 Å². The van der Waals surface area contributed by atoms with E-state index in [1.165, 1.54) is 28.8 Å². The molecule has 2 aromatic carbocycles. The van der Waals surface area contributed by atoms with Crippen molar-refractivity contribution >= 4 is 35.0 Å². The Morgan fingerprint density at radius 1 is 1.13 bits per heavy atom. The molecule has 0 radical (unpaired) electrons. The fourth-order valence-corrected chi connectivity index (χ4v) is 3.57. The quantitative estimate of drug-likeness (QED) is 0.389. The fraction of sp³-hybridized carbons (Fsp3) is 0.300. The lowest BCUT2D eigenvalue weighted by Crippen LogP contribution is -2.38. The van der Waals surface area contributed by atoms with E-state index in [-0.39, 0.29) is 29.8 Å². The van der Waals surface area contributed by atoms with Gasteiger partial charge in [0.15, 0.2) is 11.5 Å². The molecule has 0 saturated heterocycles. The number of ether oxygens (including phenoxy) is 2. The van der Waals surface area contributed by atoms with Crippen LogP contribution in [0.1, 0.15) is 6.92 Å². The molecule has 30 heavy (non-hydrogen) atoms. The summed E-state index contributed by atoms with van der Waals surface area (Å²) in [6.45, 7) is 3.05. The Morgan fingerprint density at radius 2 is 1.83 bits per heavy atom. The molecule has 2 amide bonds. The van der Waals surface area contributed by atoms with Gasteiger partial charge in [-0.1, -0.05) is 0 Å². The Bertz CT molecular complexity index is 935. The van der Waals surface area contributed by atoms with Crippen molar-refractivity contribution < 1.29 is 24.0 Å². The molecule has 0 bridgehead atoms. The van der Waals surface area contributed by atoms with Crippen LogP contribution in [0.3, 0.4) is 0 Å². The first-order chi connectivity index (χ1) is 14.5. The number of nitrogens with one attached hydrogen (secondary N) is 1. The molecule has 1 heterocycles. The van der Waals surface area contributed by atoms with Crippen molar-refractivity contribution in [2.45, 2.75) is 11.8 Å². The number of amides is 2. The number of thioether (sulfide) groups is 1. The van der Waals surface area contributed by atoms with Crippen LogP contribution in [0.15, 0.2) is 47.4 Å². The van der Waals surface area contributed by atoms with Gasteiger partial charge in [-0.15, -0.1) is 11.8 Å². The summed E-state index contributed by atoms with van der Waals surface area (Å²) in [5.41, 5.74) is 0.560. The molecule has 1 N–H and O–H groups in total. The molecule has 0 fully saturated rings. The summed E-state index contributed by atoms with van der Waals surface area (Å²) in [6, 6.07) is 11.1. The zero-order valence-corrected chi connectivity index (χ0v) is 17.1. The van der Waals surface area contributed by atoms with E-state index in [0.717, 1.165) is 4.90 Å². The van der Waals surface area contributed by atoms with E-state index >= 15 is 0 Å². The largest absolute Gasteiger partial charge is 0.486 e. The Balaban J connectivity index is 1.51. The number of nitro benzene ring substituents is 1. The number of benzene rings is 2. The first-order valence-corrected chi connectivity index (χ1v) is 10.3. The Morgan fingerprint density at radius 3 is 2.50 bits per heavy atom.